The number of halogens is 1. The van der Waals surface area contributed by atoms with E-state index in [1.807, 2.05) is 6.92 Å². The van der Waals surface area contributed by atoms with E-state index in [0.29, 0.717) is 10.7 Å². The molecule has 0 spiro atoms. The van der Waals surface area contributed by atoms with Crippen molar-refractivity contribution in [2.45, 2.75) is 18.7 Å². The van der Waals surface area contributed by atoms with E-state index in [9.17, 15) is 8.42 Å². The lowest BCUT2D eigenvalue weighted by molar-refractivity contribution is 0.601. The Hall–Kier alpha value is -1.72. The fourth-order valence-electron chi connectivity index (χ4n) is 1.71. The van der Waals surface area contributed by atoms with Crippen molar-refractivity contribution in [1.29, 1.82) is 0 Å². The van der Waals surface area contributed by atoms with Gasteiger partial charge >= 0.3 is 0 Å². The maximum Gasteiger partial charge on any atom is 0.261 e. The number of sulfonamides is 1. The number of rotatable bonds is 3. The van der Waals surface area contributed by atoms with Crippen LogP contribution in [-0.2, 0) is 10.0 Å². The quantitative estimate of drug-likeness (QED) is 0.854. The molecule has 20 heavy (non-hydrogen) atoms. The van der Waals surface area contributed by atoms with Crippen LogP contribution in [0, 0.1) is 13.8 Å². The summed E-state index contributed by atoms with van der Waals surface area (Å²) in [5.41, 5.74) is 8.21. The highest BCUT2D eigenvalue weighted by atomic mass is 35.5. The molecule has 0 saturated carbocycles. The molecule has 0 bridgehead atoms. The largest absolute Gasteiger partial charge is 0.397 e. The minimum Gasteiger partial charge on any atom is -0.397 e. The lowest BCUT2D eigenvalue weighted by Crippen LogP contribution is -2.14. The third kappa shape index (κ3) is 3.05. The standard InChI is InChI=1S/C14H15ClN2O2S/c1-9-3-5-11(6-4-9)20(18,19)17-14-8-12(15)10(2)7-13(14)16/h3-8,17H,16H2,1-2H3. The van der Waals surface area contributed by atoms with Gasteiger partial charge in [-0.1, -0.05) is 29.3 Å². The van der Waals surface area contributed by atoms with Crippen molar-refractivity contribution in [3.05, 3.63) is 52.5 Å². The molecule has 0 atom stereocenters. The summed E-state index contributed by atoms with van der Waals surface area (Å²) in [6, 6.07) is 9.71. The van der Waals surface area contributed by atoms with E-state index in [0.717, 1.165) is 11.1 Å². The summed E-state index contributed by atoms with van der Waals surface area (Å²) in [5.74, 6) is 0. The highest BCUT2D eigenvalue weighted by molar-refractivity contribution is 7.92. The van der Waals surface area contributed by atoms with Crippen LogP contribution in [0.4, 0.5) is 11.4 Å². The molecule has 0 radical (unpaired) electrons. The average molecular weight is 311 g/mol. The van der Waals surface area contributed by atoms with Crippen LogP contribution in [0.3, 0.4) is 0 Å². The first-order valence-electron chi connectivity index (χ1n) is 5.95. The Morgan fingerprint density at radius 2 is 1.70 bits per heavy atom. The fraction of sp³-hybridized carbons (Fsp3) is 0.143. The number of benzene rings is 2. The van der Waals surface area contributed by atoms with Crippen molar-refractivity contribution in [1.82, 2.24) is 0 Å². The van der Waals surface area contributed by atoms with Gasteiger partial charge in [-0.25, -0.2) is 8.42 Å². The zero-order valence-electron chi connectivity index (χ0n) is 11.1. The van der Waals surface area contributed by atoms with Gasteiger partial charge < -0.3 is 5.73 Å². The molecule has 0 fully saturated rings. The van der Waals surface area contributed by atoms with Crippen LogP contribution in [0.2, 0.25) is 5.02 Å². The van der Waals surface area contributed by atoms with Crippen LogP contribution in [0.25, 0.3) is 0 Å². The van der Waals surface area contributed by atoms with Crippen LogP contribution in [0.5, 0.6) is 0 Å². The van der Waals surface area contributed by atoms with Gasteiger partial charge in [0.2, 0.25) is 0 Å². The van der Waals surface area contributed by atoms with Crippen molar-refractivity contribution in [3.8, 4) is 0 Å². The first-order valence-corrected chi connectivity index (χ1v) is 7.81. The van der Waals surface area contributed by atoms with E-state index < -0.39 is 10.0 Å². The van der Waals surface area contributed by atoms with E-state index in [4.69, 9.17) is 17.3 Å². The normalized spacial score (nSPS) is 11.3. The number of nitrogens with one attached hydrogen (secondary N) is 1. The number of hydrogen-bond acceptors (Lipinski definition) is 3. The predicted molar refractivity (Wildman–Crippen MR) is 82.6 cm³/mol. The first-order chi connectivity index (χ1) is 9.29. The first kappa shape index (κ1) is 14.7. The summed E-state index contributed by atoms with van der Waals surface area (Å²) in [5, 5.41) is 0.459. The lowest BCUT2D eigenvalue weighted by Gasteiger charge is -2.12. The van der Waals surface area contributed by atoms with Gasteiger partial charge in [0, 0.05) is 5.02 Å². The van der Waals surface area contributed by atoms with Crippen LogP contribution < -0.4 is 10.5 Å². The van der Waals surface area contributed by atoms with Crippen molar-refractivity contribution < 1.29 is 8.42 Å². The summed E-state index contributed by atoms with van der Waals surface area (Å²) >= 11 is 5.99. The van der Waals surface area contributed by atoms with Crippen LogP contribution in [0.15, 0.2) is 41.3 Å². The second-order valence-electron chi connectivity index (χ2n) is 4.61. The molecular formula is C14H15ClN2O2S. The maximum atomic E-state index is 12.3. The van der Waals surface area contributed by atoms with Gasteiger partial charge in [-0.3, -0.25) is 4.72 Å². The zero-order valence-corrected chi connectivity index (χ0v) is 12.7. The Kier molecular flexibility index (Phi) is 3.92. The Bertz CT molecular complexity index is 741. The van der Waals surface area contributed by atoms with Crippen molar-refractivity contribution >= 4 is 33.0 Å². The topological polar surface area (TPSA) is 72.2 Å². The van der Waals surface area contributed by atoms with E-state index in [1.165, 1.54) is 6.07 Å². The van der Waals surface area contributed by atoms with Gasteiger partial charge in [-0.05, 0) is 43.7 Å². The van der Waals surface area contributed by atoms with Crippen LogP contribution in [-0.4, -0.2) is 8.42 Å². The average Bonchev–Trinajstić information content (AvgIpc) is 2.36. The monoisotopic (exact) mass is 310 g/mol. The minimum atomic E-state index is -3.67. The third-order valence-corrected chi connectivity index (χ3v) is 4.70. The van der Waals surface area contributed by atoms with E-state index in [1.54, 1.807) is 37.3 Å². The highest BCUT2D eigenvalue weighted by Gasteiger charge is 2.16. The van der Waals surface area contributed by atoms with Gasteiger partial charge in [0.25, 0.3) is 10.0 Å². The molecule has 0 saturated heterocycles. The molecule has 2 aromatic carbocycles. The minimum absolute atomic E-state index is 0.180. The molecule has 2 rings (SSSR count). The van der Waals surface area contributed by atoms with E-state index in [-0.39, 0.29) is 10.6 Å². The van der Waals surface area contributed by atoms with Gasteiger partial charge in [0.05, 0.1) is 16.3 Å². The van der Waals surface area contributed by atoms with Gasteiger partial charge in [0.15, 0.2) is 0 Å². The van der Waals surface area contributed by atoms with Crippen LogP contribution >= 0.6 is 11.6 Å². The molecule has 0 aliphatic rings. The highest BCUT2D eigenvalue weighted by Crippen LogP contribution is 2.28. The molecule has 4 nitrogen and oxygen atoms in total. The summed E-state index contributed by atoms with van der Waals surface area (Å²) in [6.45, 7) is 3.69. The Morgan fingerprint density at radius 1 is 1.10 bits per heavy atom. The SMILES string of the molecule is Cc1ccc(S(=O)(=O)Nc2cc(Cl)c(C)cc2N)cc1. The van der Waals surface area contributed by atoms with Crippen molar-refractivity contribution in [2.24, 2.45) is 0 Å². The zero-order chi connectivity index (χ0) is 14.9. The molecule has 0 aromatic heterocycles. The number of hydrogen-bond donors (Lipinski definition) is 2. The summed E-state index contributed by atoms with van der Waals surface area (Å²) in [7, 11) is -3.67. The summed E-state index contributed by atoms with van der Waals surface area (Å²) < 4.78 is 27.0. The van der Waals surface area contributed by atoms with E-state index in [2.05, 4.69) is 4.72 Å². The maximum absolute atomic E-state index is 12.3. The summed E-state index contributed by atoms with van der Waals surface area (Å²) in [4.78, 5) is 0.180. The van der Waals surface area contributed by atoms with Gasteiger partial charge in [-0.2, -0.15) is 0 Å². The molecule has 0 aliphatic carbocycles. The Morgan fingerprint density at radius 3 is 2.30 bits per heavy atom. The lowest BCUT2D eigenvalue weighted by atomic mass is 10.2. The number of anilines is 2. The van der Waals surface area contributed by atoms with Crippen molar-refractivity contribution in [3.63, 3.8) is 0 Å². The molecule has 0 aliphatic heterocycles. The fourth-order valence-corrected chi connectivity index (χ4v) is 2.96. The molecule has 6 heteroatoms. The smallest absolute Gasteiger partial charge is 0.261 e. The van der Waals surface area contributed by atoms with Gasteiger partial charge in [0.1, 0.15) is 0 Å². The van der Waals surface area contributed by atoms with Crippen molar-refractivity contribution in [2.75, 3.05) is 10.5 Å². The molecule has 2 aromatic rings. The predicted octanol–water partition coefficient (Wildman–Crippen LogP) is 3.34. The number of nitrogen functional groups attached to an aromatic ring is 1. The van der Waals surface area contributed by atoms with Gasteiger partial charge in [-0.15, -0.1) is 0 Å². The second kappa shape index (κ2) is 5.34. The Balaban J connectivity index is 2.38. The second-order valence-corrected chi connectivity index (χ2v) is 6.70. The molecular weight excluding hydrogens is 296 g/mol. The number of nitrogens with two attached hydrogens (primary N) is 1. The molecule has 106 valence electrons. The molecule has 3 N–H and O–H groups in total. The van der Waals surface area contributed by atoms with Crippen LogP contribution in [0.1, 0.15) is 11.1 Å². The Labute approximate surface area is 123 Å². The number of aryl methyl sites for hydroxylation is 2. The summed E-state index contributed by atoms with van der Waals surface area (Å²) in [6.07, 6.45) is 0. The van der Waals surface area contributed by atoms with E-state index >= 15 is 0 Å². The molecule has 0 amide bonds. The molecule has 0 heterocycles. The third-order valence-electron chi connectivity index (χ3n) is 2.91. The molecule has 0 unspecified atom stereocenters.